The summed E-state index contributed by atoms with van der Waals surface area (Å²) in [5.74, 6) is 0. The summed E-state index contributed by atoms with van der Waals surface area (Å²) in [4.78, 5) is 0. The van der Waals surface area contributed by atoms with Gasteiger partial charge in [-0.15, -0.1) is 97.8 Å². The molecule has 3 heteroatoms. The molecule has 0 aromatic heterocycles. The minimum absolute atomic E-state index is 0. The third-order valence-electron chi connectivity index (χ3n) is 6.19. The van der Waals surface area contributed by atoms with Crippen LogP contribution in [-0.2, 0) is 26.2 Å². The molecule has 0 amide bonds. The van der Waals surface area contributed by atoms with Crippen molar-refractivity contribution in [1.29, 1.82) is 0 Å². The zero-order chi connectivity index (χ0) is 23.3. The van der Waals surface area contributed by atoms with Crippen LogP contribution in [0.3, 0.4) is 0 Å². The molecule has 6 aromatic rings. The molecule has 0 saturated heterocycles. The maximum atomic E-state index is 2.26. The Bertz CT molecular complexity index is 1420. The summed E-state index contributed by atoms with van der Waals surface area (Å²) in [5.41, 5.74) is 2.77. The average Bonchev–Trinajstić information content (AvgIpc) is 3.47. The van der Waals surface area contributed by atoms with E-state index < -0.39 is 0 Å². The Labute approximate surface area is 231 Å². The van der Waals surface area contributed by atoms with Gasteiger partial charge in [0.25, 0.3) is 0 Å². The van der Waals surface area contributed by atoms with Crippen molar-refractivity contribution in [2.24, 2.45) is 0 Å². The van der Waals surface area contributed by atoms with Gasteiger partial charge in [0.2, 0.25) is 0 Å². The van der Waals surface area contributed by atoms with E-state index in [0.717, 1.165) is 17.2 Å². The molecule has 0 heterocycles. The minimum atomic E-state index is 0. The van der Waals surface area contributed by atoms with Gasteiger partial charge in [-0.3, -0.25) is 0 Å². The summed E-state index contributed by atoms with van der Waals surface area (Å²) in [5, 5.41) is 11.3. The Morgan fingerprint density at radius 1 is 0.457 bits per heavy atom. The Morgan fingerprint density at radius 3 is 1.26 bits per heavy atom. The van der Waals surface area contributed by atoms with Crippen LogP contribution >= 0.6 is 17.2 Å². The van der Waals surface area contributed by atoms with E-state index >= 15 is 0 Å². The maximum absolute atomic E-state index is 2.26. The maximum Gasteiger partial charge on any atom is 2.00 e. The number of benzene rings is 4. The number of aryl methyl sites for hydroxylation is 2. The predicted octanol–water partition coefficient (Wildman–Crippen LogP) is 6.99. The van der Waals surface area contributed by atoms with E-state index in [1.165, 1.54) is 53.9 Å². The van der Waals surface area contributed by atoms with Crippen LogP contribution in [0.5, 0.6) is 0 Å². The molecule has 0 radical (unpaired) electrons. The monoisotopic (exact) mass is 564 g/mol. The Morgan fingerprint density at radius 2 is 0.829 bits per heavy atom. The summed E-state index contributed by atoms with van der Waals surface area (Å²) in [6.45, 7) is 4.38. The summed E-state index contributed by atoms with van der Waals surface area (Å²) < 4.78 is 0. The predicted molar refractivity (Wildman–Crippen MR) is 157 cm³/mol. The van der Waals surface area contributed by atoms with Crippen LogP contribution < -0.4 is 21.2 Å². The standard InChI is InChI=1S/2C16H14P.Zr/c2*1-12-6-2-5-9-15(12)17-16-11-10-13-7-3-4-8-14(13)16;/h2*2-11,17H,1H3;/q2*-1;+2. The molecule has 0 aliphatic heterocycles. The first-order valence-corrected chi connectivity index (χ1v) is 13.6. The molecule has 6 rings (SSSR count). The first kappa shape index (κ1) is 25.9. The second-order valence-electron chi connectivity index (χ2n) is 8.55. The molecule has 170 valence electrons. The van der Waals surface area contributed by atoms with Gasteiger partial charge in [-0.1, -0.05) is 60.7 Å². The molecule has 0 aliphatic rings. The van der Waals surface area contributed by atoms with Crippen molar-refractivity contribution in [2.75, 3.05) is 0 Å². The van der Waals surface area contributed by atoms with E-state index in [0.29, 0.717) is 0 Å². The smallest absolute Gasteiger partial charge is 0.168 e. The molecule has 0 spiro atoms. The van der Waals surface area contributed by atoms with Crippen molar-refractivity contribution in [2.45, 2.75) is 13.8 Å². The molecule has 6 aromatic carbocycles. The van der Waals surface area contributed by atoms with Gasteiger partial charge in [0.1, 0.15) is 0 Å². The second kappa shape index (κ2) is 12.2. The van der Waals surface area contributed by atoms with Crippen LogP contribution in [0.25, 0.3) is 21.5 Å². The van der Waals surface area contributed by atoms with Crippen LogP contribution in [0.1, 0.15) is 11.1 Å². The Hall–Kier alpha value is -2.16. The van der Waals surface area contributed by atoms with Crippen molar-refractivity contribution in [3.63, 3.8) is 0 Å². The van der Waals surface area contributed by atoms with Crippen molar-refractivity contribution in [3.8, 4) is 0 Å². The quantitative estimate of drug-likeness (QED) is 0.160. The van der Waals surface area contributed by atoms with Crippen LogP contribution in [-0.4, -0.2) is 0 Å². The number of rotatable bonds is 4. The minimum Gasteiger partial charge on any atom is -0.168 e. The fourth-order valence-electron chi connectivity index (χ4n) is 4.24. The van der Waals surface area contributed by atoms with E-state index in [4.69, 9.17) is 0 Å². The van der Waals surface area contributed by atoms with Gasteiger partial charge < -0.3 is 0 Å². The van der Waals surface area contributed by atoms with E-state index in [1.807, 2.05) is 0 Å². The number of hydrogen-bond donors (Lipinski definition) is 0. The molecule has 2 atom stereocenters. The third-order valence-corrected chi connectivity index (χ3v) is 9.26. The topological polar surface area (TPSA) is 0 Å². The van der Waals surface area contributed by atoms with Crippen LogP contribution in [0.4, 0.5) is 0 Å². The molecule has 2 unspecified atom stereocenters. The normalized spacial score (nSPS) is 11.3. The fraction of sp³-hybridized carbons (Fsp3) is 0.0625. The molecular formula is C32H28P2Zr. The molecule has 0 saturated carbocycles. The number of fused-ring (bicyclic) bond motifs is 2. The first-order valence-electron chi connectivity index (χ1n) is 11.6. The summed E-state index contributed by atoms with van der Waals surface area (Å²) in [6, 6.07) is 43.5. The van der Waals surface area contributed by atoms with Gasteiger partial charge in [0.15, 0.2) is 0 Å². The van der Waals surface area contributed by atoms with Crippen LogP contribution in [0.15, 0.2) is 121 Å². The molecule has 0 aliphatic carbocycles. The zero-order valence-corrected chi connectivity index (χ0v) is 24.5. The Balaban J connectivity index is 0.000000160. The number of hydrogen-bond acceptors (Lipinski definition) is 0. The average molecular weight is 566 g/mol. The van der Waals surface area contributed by atoms with Gasteiger partial charge in [-0.25, -0.2) is 0 Å². The molecule has 35 heavy (non-hydrogen) atoms. The van der Waals surface area contributed by atoms with Gasteiger partial charge in [-0.2, -0.15) is 12.1 Å². The van der Waals surface area contributed by atoms with Gasteiger partial charge >= 0.3 is 26.2 Å². The molecular weight excluding hydrogens is 538 g/mol. The van der Waals surface area contributed by atoms with Gasteiger partial charge in [0.05, 0.1) is 0 Å². The van der Waals surface area contributed by atoms with Gasteiger partial charge in [0, 0.05) is 0 Å². The van der Waals surface area contributed by atoms with E-state index in [9.17, 15) is 0 Å². The molecule has 0 nitrogen and oxygen atoms in total. The van der Waals surface area contributed by atoms with Crippen molar-refractivity contribution in [3.05, 3.63) is 132 Å². The zero-order valence-electron chi connectivity index (χ0n) is 20.0. The van der Waals surface area contributed by atoms with Crippen LogP contribution in [0.2, 0.25) is 0 Å². The van der Waals surface area contributed by atoms with Crippen molar-refractivity contribution in [1.82, 2.24) is 0 Å². The fourth-order valence-corrected chi connectivity index (χ4v) is 6.79. The largest absolute Gasteiger partial charge is 2.00 e. The second-order valence-corrected chi connectivity index (χ2v) is 11.2. The summed E-state index contributed by atoms with van der Waals surface area (Å²) in [7, 11) is 1.51. The van der Waals surface area contributed by atoms with Gasteiger partial charge in [-0.05, 0) is 35.6 Å². The summed E-state index contributed by atoms with van der Waals surface area (Å²) >= 11 is 0. The van der Waals surface area contributed by atoms with E-state index in [2.05, 4.69) is 135 Å². The van der Waals surface area contributed by atoms with Crippen molar-refractivity contribution < 1.29 is 26.2 Å². The SMILES string of the molecule is Cc1ccccc1P[c-]1ccc2ccccc21.Cc1ccccc1P[c-]1ccc2ccccc21.[Zr+2]. The van der Waals surface area contributed by atoms with Crippen molar-refractivity contribution >= 4 is 59.9 Å². The molecule has 0 fully saturated rings. The molecule has 0 bridgehead atoms. The van der Waals surface area contributed by atoms with Crippen LogP contribution in [0, 0.1) is 13.8 Å². The Kier molecular flexibility index (Phi) is 9.03. The first-order chi connectivity index (χ1) is 16.7. The summed E-state index contributed by atoms with van der Waals surface area (Å²) in [6.07, 6.45) is 0. The van der Waals surface area contributed by atoms with E-state index in [-0.39, 0.29) is 26.2 Å². The molecule has 0 N–H and O–H groups in total. The third kappa shape index (κ3) is 6.16. The van der Waals surface area contributed by atoms with E-state index in [1.54, 1.807) is 0 Å².